The maximum atomic E-state index is 11.5. The Kier molecular flexibility index (Phi) is 3.23. The Hall–Kier alpha value is -0.650. The zero-order chi connectivity index (χ0) is 10.7. The van der Waals surface area contributed by atoms with Gasteiger partial charge < -0.3 is 9.47 Å². The summed E-state index contributed by atoms with van der Waals surface area (Å²) in [6.07, 6.45) is 3.95. The van der Waals surface area contributed by atoms with Gasteiger partial charge in [-0.2, -0.15) is 5.26 Å². The van der Waals surface area contributed by atoms with Crippen molar-refractivity contribution in [3.8, 4) is 0 Å². The van der Waals surface area contributed by atoms with Crippen LogP contribution in [0, 0.1) is 0 Å². The average molecular weight is 216 g/mol. The summed E-state index contributed by atoms with van der Waals surface area (Å²) in [5.74, 6) is -0.685. The van der Waals surface area contributed by atoms with Gasteiger partial charge in [-0.15, -0.1) is 0 Å². The molecule has 0 bridgehead atoms. The minimum Gasteiger partial charge on any atom is -0.378 e. The fraction of sp³-hybridized carbons (Fsp3) is 0.900. The van der Waals surface area contributed by atoms with Crippen molar-refractivity contribution in [3.05, 3.63) is 0 Å². The van der Waals surface area contributed by atoms with Crippen LogP contribution >= 0.6 is 0 Å². The smallest absolute Gasteiger partial charge is 0.373 e. The fourth-order valence-corrected chi connectivity index (χ4v) is 2.36. The van der Waals surface area contributed by atoms with Gasteiger partial charge in [-0.25, -0.2) is 4.79 Å². The highest BCUT2D eigenvalue weighted by Crippen LogP contribution is 2.34. The van der Waals surface area contributed by atoms with Gasteiger partial charge in [0.1, 0.15) is 0 Å². The molecule has 2 unspecified atom stereocenters. The molecule has 0 spiro atoms. The predicted molar refractivity (Wildman–Crippen MR) is 50.2 cm³/mol. The van der Waals surface area contributed by atoms with E-state index in [4.69, 9.17) is 14.7 Å². The predicted octanol–water partition coefficient (Wildman–Crippen LogP) is 1.12. The summed E-state index contributed by atoms with van der Waals surface area (Å²) < 4.78 is 10.9. The molecule has 0 radical (unpaired) electrons. The van der Waals surface area contributed by atoms with Crippen LogP contribution in [0.15, 0.2) is 0 Å². The highest BCUT2D eigenvalue weighted by molar-refractivity contribution is 5.79. The van der Waals surface area contributed by atoms with Gasteiger partial charge in [0.2, 0.25) is 0 Å². The van der Waals surface area contributed by atoms with E-state index in [1.54, 1.807) is 0 Å². The van der Waals surface area contributed by atoms with Crippen LogP contribution in [0.4, 0.5) is 0 Å². The first kappa shape index (κ1) is 10.9. The minimum atomic E-state index is -0.968. The lowest BCUT2D eigenvalue weighted by Gasteiger charge is -2.26. The van der Waals surface area contributed by atoms with Gasteiger partial charge in [-0.3, -0.25) is 4.89 Å². The van der Waals surface area contributed by atoms with E-state index in [2.05, 4.69) is 4.89 Å². The lowest BCUT2D eigenvalue weighted by atomic mass is 9.92. The Morgan fingerprint density at radius 1 is 1.47 bits per heavy atom. The highest BCUT2D eigenvalue weighted by Gasteiger charge is 2.47. The summed E-state index contributed by atoms with van der Waals surface area (Å²) in [6, 6.07) is 0. The second kappa shape index (κ2) is 4.47. The van der Waals surface area contributed by atoms with Gasteiger partial charge in [0.15, 0.2) is 5.60 Å². The molecule has 86 valence electrons. The van der Waals surface area contributed by atoms with Crippen molar-refractivity contribution in [1.29, 1.82) is 0 Å². The lowest BCUT2D eigenvalue weighted by molar-refractivity contribution is -0.254. The maximum Gasteiger partial charge on any atom is 0.373 e. The molecule has 0 aromatic carbocycles. The molecule has 5 nitrogen and oxygen atoms in total. The molecule has 1 N–H and O–H groups in total. The monoisotopic (exact) mass is 216 g/mol. The van der Waals surface area contributed by atoms with Crippen molar-refractivity contribution >= 4 is 5.97 Å². The average Bonchev–Trinajstić information content (AvgIpc) is 2.89. The molecular weight excluding hydrogens is 200 g/mol. The minimum absolute atomic E-state index is 0.0576. The van der Waals surface area contributed by atoms with E-state index >= 15 is 0 Å². The summed E-state index contributed by atoms with van der Waals surface area (Å²) in [4.78, 5) is 15.3. The summed E-state index contributed by atoms with van der Waals surface area (Å²) in [7, 11) is 0. The molecule has 0 aromatic heterocycles. The van der Waals surface area contributed by atoms with Gasteiger partial charge >= 0.3 is 5.97 Å². The first-order valence-electron chi connectivity index (χ1n) is 5.38. The number of ether oxygens (including phenoxy) is 2. The molecule has 2 aliphatic rings. The van der Waals surface area contributed by atoms with Crippen LogP contribution in [0.5, 0.6) is 0 Å². The molecular formula is C10H16O5. The third-order valence-electron chi connectivity index (χ3n) is 3.14. The van der Waals surface area contributed by atoms with E-state index in [9.17, 15) is 4.79 Å². The molecule has 2 atom stereocenters. The summed E-state index contributed by atoms with van der Waals surface area (Å²) >= 11 is 0. The fourth-order valence-electron chi connectivity index (χ4n) is 2.36. The molecule has 2 heterocycles. The third-order valence-corrected chi connectivity index (χ3v) is 3.14. The number of carbonyl (C=O) groups excluding carboxylic acids is 1. The Morgan fingerprint density at radius 2 is 2.33 bits per heavy atom. The van der Waals surface area contributed by atoms with Gasteiger partial charge in [0, 0.05) is 19.6 Å². The highest BCUT2D eigenvalue weighted by atomic mass is 17.1. The standard InChI is InChI=1S/C10H16O5/c11-9(15-12)10(4-2-6-14-10)7-8-3-1-5-13-8/h8,12H,1-7H2. The Bertz CT molecular complexity index is 228. The summed E-state index contributed by atoms with van der Waals surface area (Å²) in [5, 5.41) is 8.46. The van der Waals surface area contributed by atoms with Crippen LogP contribution in [0.1, 0.15) is 32.1 Å². The van der Waals surface area contributed by atoms with Gasteiger partial charge in [-0.05, 0) is 25.7 Å². The van der Waals surface area contributed by atoms with E-state index in [0.717, 1.165) is 25.9 Å². The van der Waals surface area contributed by atoms with Crippen LogP contribution in [-0.4, -0.2) is 36.1 Å². The number of rotatable bonds is 3. The molecule has 2 saturated heterocycles. The van der Waals surface area contributed by atoms with E-state index in [-0.39, 0.29) is 6.10 Å². The zero-order valence-corrected chi connectivity index (χ0v) is 8.61. The first-order valence-corrected chi connectivity index (χ1v) is 5.38. The molecule has 0 amide bonds. The topological polar surface area (TPSA) is 65.0 Å². The van der Waals surface area contributed by atoms with Gasteiger partial charge in [-0.1, -0.05) is 0 Å². The number of carbonyl (C=O) groups is 1. The Morgan fingerprint density at radius 3 is 2.87 bits per heavy atom. The second-order valence-corrected chi connectivity index (χ2v) is 4.16. The van der Waals surface area contributed by atoms with Gasteiger partial charge in [0.25, 0.3) is 0 Å². The second-order valence-electron chi connectivity index (χ2n) is 4.16. The Labute approximate surface area is 88.2 Å². The maximum absolute atomic E-state index is 11.5. The van der Waals surface area contributed by atoms with Crippen molar-refractivity contribution < 1.29 is 24.4 Å². The zero-order valence-electron chi connectivity index (χ0n) is 8.61. The SMILES string of the molecule is O=C(OO)C1(CC2CCCO2)CCCO1. The van der Waals surface area contributed by atoms with Crippen molar-refractivity contribution in [2.75, 3.05) is 13.2 Å². The van der Waals surface area contributed by atoms with Crippen molar-refractivity contribution in [2.24, 2.45) is 0 Å². The van der Waals surface area contributed by atoms with Crippen molar-refractivity contribution in [1.82, 2.24) is 0 Å². The van der Waals surface area contributed by atoms with E-state index in [0.29, 0.717) is 19.4 Å². The molecule has 0 aromatic rings. The molecule has 2 aliphatic heterocycles. The van der Waals surface area contributed by atoms with Crippen LogP contribution in [0.3, 0.4) is 0 Å². The van der Waals surface area contributed by atoms with Crippen LogP contribution < -0.4 is 0 Å². The quantitative estimate of drug-likeness (QED) is 0.565. The van der Waals surface area contributed by atoms with E-state index in [1.165, 1.54) is 0 Å². The Balaban J connectivity index is 2.01. The summed E-state index contributed by atoms with van der Waals surface area (Å²) in [5.41, 5.74) is -0.968. The molecule has 0 saturated carbocycles. The molecule has 0 aliphatic carbocycles. The van der Waals surface area contributed by atoms with Crippen LogP contribution in [0.25, 0.3) is 0 Å². The van der Waals surface area contributed by atoms with Crippen LogP contribution in [0.2, 0.25) is 0 Å². The summed E-state index contributed by atoms with van der Waals surface area (Å²) in [6.45, 7) is 1.29. The normalized spacial score (nSPS) is 35.7. The lowest BCUT2D eigenvalue weighted by Crippen LogP contribution is -2.42. The van der Waals surface area contributed by atoms with Gasteiger partial charge in [0.05, 0.1) is 6.10 Å². The van der Waals surface area contributed by atoms with Crippen molar-refractivity contribution in [3.63, 3.8) is 0 Å². The van der Waals surface area contributed by atoms with E-state index < -0.39 is 11.6 Å². The van der Waals surface area contributed by atoms with E-state index in [1.807, 2.05) is 0 Å². The third kappa shape index (κ3) is 2.14. The molecule has 2 fully saturated rings. The van der Waals surface area contributed by atoms with Crippen molar-refractivity contribution in [2.45, 2.75) is 43.8 Å². The first-order chi connectivity index (χ1) is 7.27. The molecule has 2 rings (SSSR count). The number of hydrogen-bond acceptors (Lipinski definition) is 5. The molecule has 15 heavy (non-hydrogen) atoms. The molecule has 5 heteroatoms. The largest absolute Gasteiger partial charge is 0.378 e. The number of hydrogen-bond donors (Lipinski definition) is 1. The van der Waals surface area contributed by atoms with Crippen LogP contribution in [-0.2, 0) is 19.2 Å².